The van der Waals surface area contributed by atoms with Crippen molar-refractivity contribution in [2.45, 2.75) is 13.8 Å². The second kappa shape index (κ2) is 5.89. The molecular weight excluding hydrogens is 290 g/mol. The van der Waals surface area contributed by atoms with Crippen LogP contribution in [0.1, 0.15) is 19.4 Å². The average Bonchev–Trinajstić information content (AvgIpc) is 2.98. The lowest BCUT2D eigenvalue weighted by atomic mass is 10.1. The molecule has 114 valence electrons. The summed E-state index contributed by atoms with van der Waals surface area (Å²) in [4.78, 5) is 17.7. The molecule has 2 aromatic heterocycles. The molecule has 6 heteroatoms. The first-order valence-corrected chi connectivity index (χ1v) is 7.32. The highest BCUT2D eigenvalue weighted by Crippen LogP contribution is 2.23. The Bertz CT molecular complexity index is 922. The number of carbonyl (C=O) groups is 1. The summed E-state index contributed by atoms with van der Waals surface area (Å²) >= 11 is 0. The number of nitriles is 1. The quantitative estimate of drug-likeness (QED) is 0.752. The van der Waals surface area contributed by atoms with Gasteiger partial charge < -0.3 is 4.90 Å². The minimum atomic E-state index is 0.00354. The zero-order chi connectivity index (χ0) is 16.4. The molecule has 3 aromatic rings. The topological polar surface area (TPSA) is 76.9 Å². The number of benzene rings is 1. The van der Waals surface area contributed by atoms with Gasteiger partial charge in [-0.1, -0.05) is 12.1 Å². The first-order valence-electron chi connectivity index (χ1n) is 7.32. The van der Waals surface area contributed by atoms with Crippen LogP contribution in [0.15, 0.2) is 42.7 Å². The molecule has 0 aliphatic carbocycles. The molecule has 1 amide bonds. The molecule has 0 fully saturated rings. The van der Waals surface area contributed by atoms with Gasteiger partial charge in [0.1, 0.15) is 12.3 Å². The molecule has 0 radical (unpaired) electrons. The van der Waals surface area contributed by atoms with Gasteiger partial charge in [0.15, 0.2) is 11.3 Å². The molecule has 0 spiro atoms. The lowest BCUT2D eigenvalue weighted by Gasteiger charge is -2.19. The van der Waals surface area contributed by atoms with Crippen LogP contribution in [-0.2, 0) is 4.79 Å². The van der Waals surface area contributed by atoms with E-state index >= 15 is 0 Å². The van der Waals surface area contributed by atoms with Crippen molar-refractivity contribution in [2.24, 2.45) is 0 Å². The predicted molar refractivity (Wildman–Crippen MR) is 85.6 cm³/mol. The molecule has 1 N–H and O–H groups in total. The van der Waals surface area contributed by atoms with Crippen molar-refractivity contribution in [1.29, 1.82) is 5.26 Å². The van der Waals surface area contributed by atoms with Gasteiger partial charge in [0.25, 0.3) is 0 Å². The Hall–Kier alpha value is -3.20. The van der Waals surface area contributed by atoms with Gasteiger partial charge in [0, 0.05) is 30.8 Å². The Labute approximate surface area is 133 Å². The third-order valence-corrected chi connectivity index (χ3v) is 3.73. The smallest absolute Gasteiger partial charge is 0.313 e. The summed E-state index contributed by atoms with van der Waals surface area (Å²) in [7, 11) is 0. The van der Waals surface area contributed by atoms with Crippen LogP contribution in [0.4, 0.5) is 5.69 Å². The normalized spacial score (nSPS) is 10.5. The van der Waals surface area contributed by atoms with Gasteiger partial charge in [0.05, 0.1) is 6.20 Å². The number of aromatic amines is 1. The zero-order valence-electron chi connectivity index (χ0n) is 12.9. The number of amides is 1. The maximum Gasteiger partial charge on any atom is 0.366 e. The lowest BCUT2D eigenvalue weighted by molar-refractivity contribution is -0.567. The maximum absolute atomic E-state index is 11.7. The van der Waals surface area contributed by atoms with E-state index in [9.17, 15) is 4.79 Å². The first kappa shape index (κ1) is 14.7. The third kappa shape index (κ3) is 2.53. The van der Waals surface area contributed by atoms with Crippen LogP contribution in [-0.4, -0.2) is 22.5 Å². The Balaban J connectivity index is 2.15. The molecular formula is C17H16N5O+. The van der Waals surface area contributed by atoms with Crippen LogP contribution >= 0.6 is 0 Å². The molecule has 3 rings (SSSR count). The van der Waals surface area contributed by atoms with E-state index in [0.29, 0.717) is 17.8 Å². The average molecular weight is 306 g/mol. The monoisotopic (exact) mass is 306 g/mol. The first-order chi connectivity index (χ1) is 11.2. The fourth-order valence-corrected chi connectivity index (χ4v) is 2.67. The summed E-state index contributed by atoms with van der Waals surface area (Å²) in [5.74, 6) is 0.00354. The molecule has 23 heavy (non-hydrogen) atoms. The number of anilines is 1. The van der Waals surface area contributed by atoms with Crippen LogP contribution in [0.25, 0.3) is 16.9 Å². The van der Waals surface area contributed by atoms with E-state index in [-0.39, 0.29) is 5.91 Å². The number of nitrogens with zero attached hydrogens (tertiary/aromatic N) is 4. The van der Waals surface area contributed by atoms with Crippen molar-refractivity contribution < 1.29 is 9.31 Å². The van der Waals surface area contributed by atoms with Crippen molar-refractivity contribution in [3.05, 3.63) is 48.3 Å². The number of hydrogen-bond donors (Lipinski definition) is 1. The fraction of sp³-hybridized carbons (Fsp3) is 0.176. The largest absolute Gasteiger partial charge is 0.366 e. The summed E-state index contributed by atoms with van der Waals surface area (Å²) < 4.78 is 1.77. The van der Waals surface area contributed by atoms with Crippen LogP contribution in [0, 0.1) is 11.3 Å². The van der Waals surface area contributed by atoms with E-state index in [1.54, 1.807) is 28.7 Å². The van der Waals surface area contributed by atoms with Crippen molar-refractivity contribution in [3.8, 4) is 17.3 Å². The minimum Gasteiger partial charge on any atom is -0.313 e. The number of hydrogen-bond acceptors (Lipinski definition) is 3. The van der Waals surface area contributed by atoms with Gasteiger partial charge in [-0.15, -0.1) is 4.52 Å². The zero-order valence-corrected chi connectivity index (χ0v) is 12.9. The Morgan fingerprint density at radius 3 is 2.96 bits per heavy atom. The molecule has 6 nitrogen and oxygen atoms in total. The fourth-order valence-electron chi connectivity index (χ4n) is 2.67. The Morgan fingerprint density at radius 2 is 2.26 bits per heavy atom. The van der Waals surface area contributed by atoms with Gasteiger partial charge >= 0.3 is 5.65 Å². The Kier molecular flexibility index (Phi) is 3.77. The molecule has 0 atom stereocenters. The van der Waals surface area contributed by atoms with Crippen LogP contribution in [0.2, 0.25) is 0 Å². The van der Waals surface area contributed by atoms with Gasteiger partial charge in [-0.2, -0.15) is 5.26 Å². The van der Waals surface area contributed by atoms with Crippen LogP contribution < -0.4 is 9.42 Å². The number of fused-ring (bicyclic) bond motifs is 1. The predicted octanol–water partition coefficient (Wildman–Crippen LogP) is 2.06. The van der Waals surface area contributed by atoms with E-state index in [0.717, 1.165) is 16.9 Å². The summed E-state index contributed by atoms with van der Waals surface area (Å²) in [6.45, 7) is 4.11. The van der Waals surface area contributed by atoms with Crippen molar-refractivity contribution >= 4 is 17.2 Å². The maximum atomic E-state index is 11.7. The molecule has 0 aliphatic heterocycles. The third-order valence-electron chi connectivity index (χ3n) is 3.73. The standard InChI is InChI=1S/C17H15N5O/c1-3-21(12(2)23)15-6-4-5-13(9-15)16-7-8-19-17-14(10-18)11-20-22(16)17/h4-9,11H,3H2,1-2H3/p+1. The molecule has 0 unspecified atom stereocenters. The van der Waals surface area contributed by atoms with E-state index in [1.807, 2.05) is 37.3 Å². The lowest BCUT2D eigenvalue weighted by Crippen LogP contribution is -2.29. The highest BCUT2D eigenvalue weighted by atomic mass is 16.2. The molecule has 2 heterocycles. The summed E-state index contributed by atoms with van der Waals surface area (Å²) in [5, 5.41) is 12.2. The van der Waals surface area contributed by atoms with Gasteiger partial charge in [-0.05, 0) is 24.0 Å². The van der Waals surface area contributed by atoms with Gasteiger partial charge in [-0.25, -0.2) is 5.10 Å². The number of aromatic nitrogens is 3. The second-order valence-electron chi connectivity index (χ2n) is 5.10. The van der Waals surface area contributed by atoms with Crippen molar-refractivity contribution in [2.75, 3.05) is 11.4 Å². The SMILES string of the molecule is CCN(C(C)=O)c1cccc(-c2ccnc3c(C#N)c[nH][n+]23)c1. The molecule has 1 aromatic carbocycles. The van der Waals surface area contributed by atoms with E-state index in [4.69, 9.17) is 5.26 Å². The number of rotatable bonds is 3. The van der Waals surface area contributed by atoms with E-state index in [1.165, 1.54) is 0 Å². The number of carbonyl (C=O) groups excluding carboxylic acids is 1. The second-order valence-corrected chi connectivity index (χ2v) is 5.10. The van der Waals surface area contributed by atoms with Crippen LogP contribution in [0.5, 0.6) is 0 Å². The van der Waals surface area contributed by atoms with Crippen molar-refractivity contribution in [3.63, 3.8) is 0 Å². The van der Waals surface area contributed by atoms with Crippen molar-refractivity contribution in [1.82, 2.24) is 10.1 Å². The number of nitrogens with one attached hydrogen (secondary N) is 1. The highest BCUT2D eigenvalue weighted by Gasteiger charge is 2.18. The van der Waals surface area contributed by atoms with Gasteiger partial charge in [0.2, 0.25) is 5.91 Å². The van der Waals surface area contributed by atoms with E-state index < -0.39 is 0 Å². The minimum absolute atomic E-state index is 0.00354. The summed E-state index contributed by atoms with van der Waals surface area (Å²) in [5.41, 5.74) is 3.72. The van der Waals surface area contributed by atoms with Crippen LogP contribution in [0.3, 0.4) is 0 Å². The Morgan fingerprint density at radius 1 is 1.43 bits per heavy atom. The molecule has 0 aliphatic rings. The molecule has 0 bridgehead atoms. The summed E-state index contributed by atoms with van der Waals surface area (Å²) in [6, 6.07) is 11.7. The van der Waals surface area contributed by atoms with Gasteiger partial charge in [-0.3, -0.25) is 4.79 Å². The van der Waals surface area contributed by atoms with E-state index in [2.05, 4.69) is 16.2 Å². The molecule has 0 saturated carbocycles. The number of H-pyrrole nitrogens is 1. The molecule has 0 saturated heterocycles. The summed E-state index contributed by atoms with van der Waals surface area (Å²) in [6.07, 6.45) is 3.30. The highest BCUT2D eigenvalue weighted by molar-refractivity contribution is 5.92.